The molecule has 0 N–H and O–H groups in total. The molecule has 27 heavy (non-hydrogen) atoms. The van der Waals surface area contributed by atoms with Crippen LogP contribution in [-0.2, 0) is 0 Å². The molecule has 1 atom stereocenters. The fraction of sp³-hybridized carbons (Fsp3) is 0.409. The number of hydrogen-bond donors (Lipinski definition) is 0. The van der Waals surface area contributed by atoms with E-state index in [4.69, 9.17) is 10.00 Å². The van der Waals surface area contributed by atoms with Gasteiger partial charge in [0.25, 0.3) is 0 Å². The number of benzene rings is 1. The Morgan fingerprint density at radius 2 is 2.11 bits per heavy atom. The normalized spacial score (nSPS) is 20.5. The predicted octanol–water partition coefficient (Wildman–Crippen LogP) is 3.79. The molecule has 5 heteroatoms. The van der Waals surface area contributed by atoms with Crippen molar-refractivity contribution in [2.75, 3.05) is 39.8 Å². The van der Waals surface area contributed by atoms with Crippen LogP contribution in [-0.4, -0.2) is 55.7 Å². The molecule has 0 saturated carbocycles. The molecular weight excluding hydrogens is 341 g/mol. The first-order valence-electron chi connectivity index (χ1n) is 9.31. The first-order chi connectivity index (χ1) is 13.2. The number of halogens is 1. The van der Waals surface area contributed by atoms with Gasteiger partial charge in [0.05, 0.1) is 18.8 Å². The topological polar surface area (TPSA) is 39.5 Å². The lowest BCUT2D eigenvalue weighted by molar-refractivity contribution is 0.114. The summed E-state index contributed by atoms with van der Waals surface area (Å²) in [5, 5.41) is 8.88. The zero-order chi connectivity index (χ0) is 19.5. The Balaban J connectivity index is 0.000000244. The predicted molar refractivity (Wildman–Crippen MR) is 107 cm³/mol. The number of methoxy groups -OCH3 is 1. The largest absolute Gasteiger partial charge is 0.497 e. The van der Waals surface area contributed by atoms with Gasteiger partial charge in [-0.05, 0) is 55.8 Å². The standard InChI is InChI=1S/C15H21N3.C7H7FO/c1-2-5-14(12-16)6-3-8-17-10-11-18-9-4-7-15(18)13-17;1-9-7-4-2-6(8)3-5-7/h2-3,5-6,15H,1,4,7-11,13H2;2-5H,1H3/b6-3-,14-5+;. The molecule has 1 aromatic carbocycles. The van der Waals surface area contributed by atoms with Crippen LogP contribution in [0.3, 0.4) is 0 Å². The zero-order valence-corrected chi connectivity index (χ0v) is 16.0. The summed E-state index contributed by atoms with van der Waals surface area (Å²) in [6.45, 7) is 9.36. The molecule has 2 aliphatic rings. The van der Waals surface area contributed by atoms with Gasteiger partial charge in [-0.3, -0.25) is 9.80 Å². The third-order valence-corrected chi connectivity index (χ3v) is 4.81. The van der Waals surface area contributed by atoms with Crippen LogP contribution in [0, 0.1) is 17.1 Å². The van der Waals surface area contributed by atoms with Gasteiger partial charge in [0.1, 0.15) is 11.6 Å². The second-order valence-electron chi connectivity index (χ2n) is 6.62. The molecule has 1 aromatic rings. The number of nitrogens with zero attached hydrogens (tertiary/aromatic N) is 3. The lowest BCUT2D eigenvalue weighted by atomic mass is 10.1. The van der Waals surface area contributed by atoms with E-state index in [-0.39, 0.29) is 5.82 Å². The maximum absolute atomic E-state index is 12.2. The van der Waals surface area contributed by atoms with Gasteiger partial charge in [-0.2, -0.15) is 5.26 Å². The number of rotatable bonds is 5. The minimum absolute atomic E-state index is 0.240. The number of piperazine rings is 1. The van der Waals surface area contributed by atoms with Crippen molar-refractivity contribution in [2.45, 2.75) is 18.9 Å². The van der Waals surface area contributed by atoms with E-state index >= 15 is 0 Å². The molecule has 2 aliphatic heterocycles. The van der Waals surface area contributed by atoms with Crippen molar-refractivity contribution in [3.05, 3.63) is 66.5 Å². The monoisotopic (exact) mass is 369 g/mol. The highest BCUT2D eigenvalue weighted by atomic mass is 19.1. The molecule has 0 aromatic heterocycles. The third kappa shape index (κ3) is 7.01. The molecule has 0 aliphatic carbocycles. The molecule has 2 saturated heterocycles. The van der Waals surface area contributed by atoms with Crippen molar-refractivity contribution in [3.8, 4) is 11.8 Å². The number of hydrogen-bond acceptors (Lipinski definition) is 4. The van der Waals surface area contributed by atoms with Gasteiger partial charge >= 0.3 is 0 Å². The maximum Gasteiger partial charge on any atom is 0.123 e. The van der Waals surface area contributed by atoms with E-state index in [1.807, 2.05) is 6.08 Å². The maximum atomic E-state index is 12.2. The van der Waals surface area contributed by atoms with Crippen LogP contribution in [0.4, 0.5) is 4.39 Å². The molecule has 0 radical (unpaired) electrons. The SMILES string of the molecule is C=C/C=C(C#N)\C=C/CN1CCN2CCCC2C1.COc1ccc(F)cc1. The Hall–Kier alpha value is -2.42. The van der Waals surface area contributed by atoms with Gasteiger partial charge in [0, 0.05) is 32.2 Å². The van der Waals surface area contributed by atoms with E-state index in [9.17, 15) is 4.39 Å². The van der Waals surface area contributed by atoms with Crippen molar-refractivity contribution in [1.29, 1.82) is 5.26 Å². The van der Waals surface area contributed by atoms with Crippen LogP contribution in [0.15, 0.2) is 60.7 Å². The summed E-state index contributed by atoms with van der Waals surface area (Å²) in [6.07, 6.45) is 10.1. The summed E-state index contributed by atoms with van der Waals surface area (Å²) in [5.41, 5.74) is 0.671. The van der Waals surface area contributed by atoms with Gasteiger partial charge < -0.3 is 4.74 Å². The summed E-state index contributed by atoms with van der Waals surface area (Å²) in [7, 11) is 1.55. The van der Waals surface area contributed by atoms with Gasteiger partial charge in [-0.25, -0.2) is 4.39 Å². The Kier molecular flexibility index (Phi) is 8.76. The molecule has 3 rings (SSSR count). The average molecular weight is 369 g/mol. The Morgan fingerprint density at radius 1 is 1.33 bits per heavy atom. The van der Waals surface area contributed by atoms with Gasteiger partial charge in [0.15, 0.2) is 0 Å². The first-order valence-corrected chi connectivity index (χ1v) is 9.31. The lowest BCUT2D eigenvalue weighted by Crippen LogP contribution is -2.49. The van der Waals surface area contributed by atoms with E-state index in [2.05, 4.69) is 28.5 Å². The van der Waals surface area contributed by atoms with Crippen molar-refractivity contribution in [2.24, 2.45) is 0 Å². The van der Waals surface area contributed by atoms with Crippen LogP contribution in [0.25, 0.3) is 0 Å². The van der Waals surface area contributed by atoms with Gasteiger partial charge in [-0.15, -0.1) is 0 Å². The Bertz CT molecular complexity index is 691. The average Bonchev–Trinajstić information content (AvgIpc) is 3.16. The minimum Gasteiger partial charge on any atom is -0.497 e. The summed E-state index contributed by atoms with van der Waals surface area (Å²) in [6, 6.07) is 8.80. The summed E-state index contributed by atoms with van der Waals surface area (Å²) >= 11 is 0. The number of allylic oxidation sites excluding steroid dienone is 4. The molecule has 144 valence electrons. The molecule has 4 nitrogen and oxygen atoms in total. The van der Waals surface area contributed by atoms with Gasteiger partial charge in [-0.1, -0.05) is 18.7 Å². The minimum atomic E-state index is -0.240. The van der Waals surface area contributed by atoms with E-state index in [1.165, 1.54) is 44.6 Å². The summed E-state index contributed by atoms with van der Waals surface area (Å²) in [5.74, 6) is 0.437. The van der Waals surface area contributed by atoms with Crippen LogP contribution in [0.5, 0.6) is 5.75 Å². The second kappa shape index (κ2) is 11.3. The number of fused-ring (bicyclic) bond motifs is 1. The summed E-state index contributed by atoms with van der Waals surface area (Å²) in [4.78, 5) is 5.09. The fourth-order valence-electron chi connectivity index (χ4n) is 3.38. The van der Waals surface area contributed by atoms with Crippen LogP contribution < -0.4 is 4.74 Å². The van der Waals surface area contributed by atoms with E-state index in [0.717, 1.165) is 19.1 Å². The quantitative estimate of drug-likeness (QED) is 0.585. The number of ether oxygens (including phenoxy) is 1. The van der Waals surface area contributed by atoms with Crippen LogP contribution in [0.1, 0.15) is 12.8 Å². The smallest absolute Gasteiger partial charge is 0.123 e. The molecule has 2 heterocycles. The molecule has 0 amide bonds. The van der Waals surface area contributed by atoms with Crippen LogP contribution >= 0.6 is 0 Å². The summed E-state index contributed by atoms with van der Waals surface area (Å²) < 4.78 is 17.0. The highest BCUT2D eigenvalue weighted by molar-refractivity contribution is 5.35. The zero-order valence-electron chi connectivity index (χ0n) is 16.0. The highest BCUT2D eigenvalue weighted by Gasteiger charge is 2.29. The van der Waals surface area contributed by atoms with Crippen molar-refractivity contribution >= 4 is 0 Å². The van der Waals surface area contributed by atoms with E-state index in [0.29, 0.717) is 11.3 Å². The second-order valence-corrected chi connectivity index (χ2v) is 6.62. The molecule has 0 bridgehead atoms. The molecule has 0 spiro atoms. The molecule has 1 unspecified atom stereocenters. The van der Waals surface area contributed by atoms with Crippen molar-refractivity contribution in [1.82, 2.24) is 9.80 Å². The first kappa shape index (κ1) is 20.9. The highest BCUT2D eigenvalue weighted by Crippen LogP contribution is 2.21. The van der Waals surface area contributed by atoms with Crippen LogP contribution in [0.2, 0.25) is 0 Å². The van der Waals surface area contributed by atoms with Gasteiger partial charge in [0.2, 0.25) is 0 Å². The number of nitriles is 1. The molecule has 2 fully saturated rings. The van der Waals surface area contributed by atoms with Crippen molar-refractivity contribution < 1.29 is 9.13 Å². The third-order valence-electron chi connectivity index (χ3n) is 4.81. The lowest BCUT2D eigenvalue weighted by Gasteiger charge is -2.36. The van der Waals surface area contributed by atoms with Crippen molar-refractivity contribution in [3.63, 3.8) is 0 Å². The Morgan fingerprint density at radius 3 is 2.78 bits per heavy atom. The fourth-order valence-corrected chi connectivity index (χ4v) is 3.38. The molecular formula is C22H28FN3O. The van der Waals surface area contributed by atoms with E-state index in [1.54, 1.807) is 31.4 Å². The van der Waals surface area contributed by atoms with E-state index < -0.39 is 0 Å². The Labute approximate surface area is 161 Å².